The standard InChI is InChI=1S/C19H21FN4O2S.C18H19FN4O2S.C2H6/c1-4-24-18(16-6-5-9-26-16)22-23-19(24)27-11-17(25)21-15-8-7-13(12(2)3)10-14(15)20;1-3-12-7-8-14(13(19)10-12)20-16(24)11-26-18-22-21-17(23(18)4-2)15-6-5-9-25-15;1-2/h5-10,12H,4,11H2,1-3H3,(H,21,25);5-10H,3-4,11H2,1-2H3,(H,20,24);1-2H3. The van der Waals surface area contributed by atoms with Crippen LogP contribution in [0.1, 0.15) is 65.5 Å². The third-order valence-electron chi connectivity index (χ3n) is 7.86. The van der Waals surface area contributed by atoms with Crippen molar-refractivity contribution in [1.82, 2.24) is 29.5 Å². The van der Waals surface area contributed by atoms with Crippen molar-refractivity contribution in [2.45, 2.75) is 84.2 Å². The number of rotatable bonds is 14. The molecule has 12 nitrogen and oxygen atoms in total. The summed E-state index contributed by atoms with van der Waals surface area (Å²) in [6.45, 7) is 15.1. The smallest absolute Gasteiger partial charge is 0.234 e. The van der Waals surface area contributed by atoms with Gasteiger partial charge in [-0.05, 0) is 85.8 Å². The van der Waals surface area contributed by atoms with E-state index in [-0.39, 0.29) is 40.6 Å². The average molecular weight is 793 g/mol. The zero-order chi connectivity index (χ0) is 39.9. The molecule has 0 unspecified atom stereocenters. The number of amides is 2. The third-order valence-corrected chi connectivity index (χ3v) is 9.80. The largest absolute Gasteiger partial charge is 0.461 e. The molecule has 4 heterocycles. The fourth-order valence-electron chi connectivity index (χ4n) is 5.04. The van der Waals surface area contributed by atoms with Gasteiger partial charge in [-0.1, -0.05) is 70.3 Å². The monoisotopic (exact) mass is 792 g/mol. The van der Waals surface area contributed by atoms with E-state index in [2.05, 4.69) is 31.0 Å². The van der Waals surface area contributed by atoms with Crippen LogP contribution >= 0.6 is 23.5 Å². The molecular weight excluding hydrogens is 747 g/mol. The lowest BCUT2D eigenvalue weighted by Gasteiger charge is -2.10. The molecule has 0 radical (unpaired) electrons. The molecule has 2 N–H and O–H groups in total. The number of halogens is 2. The summed E-state index contributed by atoms with van der Waals surface area (Å²) < 4.78 is 42.6. The van der Waals surface area contributed by atoms with E-state index in [9.17, 15) is 18.4 Å². The van der Waals surface area contributed by atoms with Gasteiger partial charge >= 0.3 is 0 Å². The van der Waals surface area contributed by atoms with Crippen LogP contribution in [0.3, 0.4) is 0 Å². The Morgan fingerprint density at radius 2 is 1.18 bits per heavy atom. The summed E-state index contributed by atoms with van der Waals surface area (Å²) in [4.78, 5) is 24.4. The highest BCUT2D eigenvalue weighted by Gasteiger charge is 2.18. The molecule has 0 bridgehead atoms. The van der Waals surface area contributed by atoms with Crippen LogP contribution in [0.25, 0.3) is 23.2 Å². The number of aryl methyl sites for hydroxylation is 1. The van der Waals surface area contributed by atoms with E-state index in [1.807, 2.05) is 63.7 Å². The number of nitrogens with zero attached hydrogens (tertiary/aromatic N) is 6. The van der Waals surface area contributed by atoms with Crippen molar-refractivity contribution in [3.8, 4) is 23.2 Å². The average Bonchev–Trinajstić information content (AvgIpc) is 4.03. The zero-order valence-corrected chi connectivity index (χ0v) is 33.6. The van der Waals surface area contributed by atoms with Gasteiger partial charge in [0.05, 0.1) is 35.4 Å². The zero-order valence-electron chi connectivity index (χ0n) is 31.9. The van der Waals surface area contributed by atoms with Crippen molar-refractivity contribution in [3.05, 3.63) is 96.0 Å². The van der Waals surface area contributed by atoms with Crippen molar-refractivity contribution in [3.63, 3.8) is 0 Å². The number of anilines is 2. The van der Waals surface area contributed by atoms with Crippen LogP contribution in [0.2, 0.25) is 0 Å². The second-order valence-corrected chi connectivity index (χ2v) is 13.7. The van der Waals surface area contributed by atoms with Crippen LogP contribution in [0.15, 0.2) is 92.3 Å². The predicted molar refractivity (Wildman–Crippen MR) is 213 cm³/mol. The van der Waals surface area contributed by atoms with Crippen LogP contribution in [0.5, 0.6) is 0 Å². The number of nitrogens with one attached hydrogen (secondary N) is 2. The Hall–Kier alpha value is -5.22. The van der Waals surface area contributed by atoms with E-state index in [1.54, 1.807) is 55.0 Å². The molecule has 0 spiro atoms. The summed E-state index contributed by atoms with van der Waals surface area (Å²) >= 11 is 2.49. The molecule has 0 saturated heterocycles. The first-order valence-corrected chi connectivity index (χ1v) is 20.0. The van der Waals surface area contributed by atoms with Crippen molar-refractivity contribution in [2.24, 2.45) is 0 Å². The number of carbonyl (C=O) groups excluding carboxylic acids is 2. The summed E-state index contributed by atoms with van der Waals surface area (Å²) in [5.74, 6) is 1.42. The van der Waals surface area contributed by atoms with E-state index in [0.717, 1.165) is 17.5 Å². The summed E-state index contributed by atoms with van der Waals surface area (Å²) in [5, 5.41) is 22.9. The van der Waals surface area contributed by atoms with E-state index < -0.39 is 11.6 Å². The van der Waals surface area contributed by atoms with Gasteiger partial charge in [-0.2, -0.15) is 0 Å². The SMILES string of the molecule is CC.CCc1ccc(NC(=O)CSc2nnc(-c3ccco3)n2CC)c(F)c1.CCn1c(SCC(=O)Nc2ccc(C(C)C)cc2F)nnc1-c1ccco1. The highest BCUT2D eigenvalue weighted by Crippen LogP contribution is 2.27. The fourth-order valence-corrected chi connectivity index (χ4v) is 6.65. The third kappa shape index (κ3) is 11.4. The van der Waals surface area contributed by atoms with E-state index in [4.69, 9.17) is 8.83 Å². The summed E-state index contributed by atoms with van der Waals surface area (Å²) in [6.07, 6.45) is 3.89. The van der Waals surface area contributed by atoms with Gasteiger partial charge in [0.25, 0.3) is 0 Å². The summed E-state index contributed by atoms with van der Waals surface area (Å²) in [5.41, 5.74) is 2.14. The highest BCUT2D eigenvalue weighted by atomic mass is 32.2. The lowest BCUT2D eigenvalue weighted by atomic mass is 10.0. The maximum atomic E-state index is 14.2. The fraction of sp³-hybridized carbons (Fsp3) is 0.333. The van der Waals surface area contributed by atoms with Crippen LogP contribution in [-0.4, -0.2) is 52.8 Å². The van der Waals surface area contributed by atoms with Gasteiger partial charge in [-0.3, -0.25) is 18.7 Å². The maximum Gasteiger partial charge on any atom is 0.234 e. The minimum atomic E-state index is -0.434. The molecule has 2 amide bonds. The molecule has 55 heavy (non-hydrogen) atoms. The molecule has 0 atom stereocenters. The van der Waals surface area contributed by atoms with Gasteiger partial charge in [0.15, 0.2) is 33.5 Å². The molecule has 0 aliphatic rings. The molecule has 6 aromatic rings. The lowest BCUT2D eigenvalue weighted by molar-refractivity contribution is -0.114. The molecule has 2 aromatic carbocycles. The summed E-state index contributed by atoms with van der Waals surface area (Å²) in [6, 6.07) is 16.9. The number of hydrogen-bond acceptors (Lipinski definition) is 10. The molecule has 0 aliphatic carbocycles. The molecule has 0 fully saturated rings. The first kappa shape index (κ1) is 42.5. The van der Waals surface area contributed by atoms with Gasteiger partial charge in [0.2, 0.25) is 11.8 Å². The Morgan fingerprint density at radius 3 is 1.56 bits per heavy atom. The Bertz CT molecular complexity index is 2120. The maximum absolute atomic E-state index is 14.2. The number of furan rings is 2. The minimum absolute atomic E-state index is 0.0989. The Balaban J connectivity index is 0.000000234. The number of thioether (sulfide) groups is 2. The molecule has 0 aliphatic heterocycles. The predicted octanol–water partition coefficient (Wildman–Crippen LogP) is 9.57. The highest BCUT2D eigenvalue weighted by molar-refractivity contribution is 8.00. The second-order valence-electron chi connectivity index (χ2n) is 11.8. The number of aromatic nitrogens is 6. The first-order chi connectivity index (χ1) is 26.6. The van der Waals surface area contributed by atoms with Crippen molar-refractivity contribution >= 4 is 46.7 Å². The lowest BCUT2D eigenvalue weighted by Crippen LogP contribution is -2.15. The summed E-state index contributed by atoms with van der Waals surface area (Å²) in [7, 11) is 0. The Morgan fingerprint density at radius 1 is 0.709 bits per heavy atom. The van der Waals surface area contributed by atoms with Crippen molar-refractivity contribution < 1.29 is 27.2 Å². The molecule has 6 rings (SSSR count). The Labute approximate surface area is 327 Å². The van der Waals surface area contributed by atoms with Crippen molar-refractivity contribution in [2.75, 3.05) is 22.1 Å². The van der Waals surface area contributed by atoms with Gasteiger partial charge in [0.1, 0.15) is 11.6 Å². The van der Waals surface area contributed by atoms with E-state index in [0.29, 0.717) is 46.6 Å². The van der Waals surface area contributed by atoms with Crippen LogP contribution in [0, 0.1) is 11.6 Å². The molecule has 16 heteroatoms. The first-order valence-electron chi connectivity index (χ1n) is 18.0. The molecule has 4 aromatic heterocycles. The quantitative estimate of drug-likeness (QED) is 0.102. The number of hydrogen-bond donors (Lipinski definition) is 2. The van der Waals surface area contributed by atoms with E-state index in [1.165, 1.54) is 35.7 Å². The number of benzene rings is 2. The molecule has 0 saturated carbocycles. The van der Waals surface area contributed by atoms with Crippen LogP contribution in [0.4, 0.5) is 20.2 Å². The van der Waals surface area contributed by atoms with Gasteiger partial charge in [-0.25, -0.2) is 8.78 Å². The minimum Gasteiger partial charge on any atom is -0.461 e. The van der Waals surface area contributed by atoms with E-state index >= 15 is 0 Å². The second kappa shape index (κ2) is 21.0. The van der Waals surface area contributed by atoms with Crippen LogP contribution < -0.4 is 10.6 Å². The Kier molecular flexibility index (Phi) is 16.3. The molecular formula is C39H46F2N8O4S2. The molecule has 292 valence electrons. The topological polar surface area (TPSA) is 146 Å². The van der Waals surface area contributed by atoms with Gasteiger partial charge < -0.3 is 19.5 Å². The van der Waals surface area contributed by atoms with Gasteiger partial charge in [0, 0.05) is 13.1 Å². The van der Waals surface area contributed by atoms with Gasteiger partial charge in [-0.15, -0.1) is 20.4 Å². The normalized spacial score (nSPS) is 10.7. The number of carbonyl (C=O) groups is 2. The van der Waals surface area contributed by atoms with Crippen molar-refractivity contribution in [1.29, 1.82) is 0 Å². The van der Waals surface area contributed by atoms with Crippen LogP contribution in [-0.2, 0) is 29.1 Å².